The zero-order valence-corrected chi connectivity index (χ0v) is 15.7. The molecule has 0 atom stereocenters. The van der Waals surface area contributed by atoms with E-state index < -0.39 is 5.60 Å². The molecule has 0 aliphatic heterocycles. The number of aryl methyl sites for hydroxylation is 1. The van der Waals surface area contributed by atoms with Crippen LogP contribution in [0.1, 0.15) is 19.4 Å². The number of para-hydroxylation sites is 1. The van der Waals surface area contributed by atoms with Crippen LogP contribution in [-0.2, 0) is 13.6 Å². The number of hydrogen-bond donors (Lipinski definition) is 4. The Morgan fingerprint density at radius 3 is 2.77 bits per heavy atom. The highest BCUT2D eigenvalue weighted by Crippen LogP contribution is 2.25. The molecule has 0 bridgehead atoms. The molecule has 1 aromatic carbocycles. The quantitative estimate of drug-likeness (QED) is 0.489. The van der Waals surface area contributed by atoms with Gasteiger partial charge in [-0.3, -0.25) is 0 Å². The molecular formula is C17H22ClN7O. The van der Waals surface area contributed by atoms with Gasteiger partial charge in [0.05, 0.1) is 22.6 Å². The Bertz CT molecular complexity index is 933. The van der Waals surface area contributed by atoms with E-state index in [1.165, 1.54) is 0 Å². The maximum Gasteiger partial charge on any atom is 0.226 e. The van der Waals surface area contributed by atoms with E-state index >= 15 is 0 Å². The second-order valence-electron chi connectivity index (χ2n) is 6.76. The number of imidazole rings is 1. The number of aliphatic hydroxyl groups is 1. The molecule has 3 rings (SSSR count). The van der Waals surface area contributed by atoms with E-state index in [0.29, 0.717) is 46.7 Å². The van der Waals surface area contributed by atoms with Gasteiger partial charge in [-0.25, -0.2) is 4.98 Å². The van der Waals surface area contributed by atoms with Crippen LogP contribution in [0.15, 0.2) is 24.5 Å². The summed E-state index contributed by atoms with van der Waals surface area (Å²) in [6, 6.07) is 5.50. The predicted molar refractivity (Wildman–Crippen MR) is 104 cm³/mol. The molecule has 0 aliphatic carbocycles. The van der Waals surface area contributed by atoms with E-state index in [9.17, 15) is 5.11 Å². The Kier molecular flexibility index (Phi) is 4.88. The highest BCUT2D eigenvalue weighted by molar-refractivity contribution is 6.33. The van der Waals surface area contributed by atoms with Gasteiger partial charge in [0.15, 0.2) is 17.0 Å². The Balaban J connectivity index is 1.89. The van der Waals surface area contributed by atoms with Gasteiger partial charge < -0.3 is 26.0 Å². The lowest BCUT2D eigenvalue weighted by Gasteiger charge is -2.18. The van der Waals surface area contributed by atoms with Crippen molar-refractivity contribution in [2.45, 2.75) is 26.0 Å². The average Bonchev–Trinajstić information content (AvgIpc) is 2.95. The molecule has 2 heterocycles. The van der Waals surface area contributed by atoms with E-state index in [4.69, 9.17) is 17.3 Å². The van der Waals surface area contributed by atoms with E-state index in [0.717, 1.165) is 5.56 Å². The number of nitrogens with one attached hydrogen (secondary N) is 2. The molecule has 138 valence electrons. The first-order valence-corrected chi connectivity index (χ1v) is 8.54. The molecule has 3 aromatic rings. The van der Waals surface area contributed by atoms with Crippen LogP contribution in [0.5, 0.6) is 0 Å². The van der Waals surface area contributed by atoms with E-state index in [-0.39, 0.29) is 0 Å². The van der Waals surface area contributed by atoms with E-state index in [2.05, 4.69) is 25.6 Å². The number of nitrogens with two attached hydrogens (primary N) is 1. The first kappa shape index (κ1) is 18.2. The molecule has 2 aromatic heterocycles. The second-order valence-corrected chi connectivity index (χ2v) is 7.16. The largest absolute Gasteiger partial charge is 0.397 e. The van der Waals surface area contributed by atoms with Gasteiger partial charge in [-0.1, -0.05) is 23.7 Å². The number of hydrogen-bond acceptors (Lipinski definition) is 7. The lowest BCUT2D eigenvalue weighted by molar-refractivity contribution is 0.0943. The molecule has 8 nitrogen and oxygen atoms in total. The standard InChI is InChI=1S/C17H22ClN7O/c1-17(2,26)8-21-16-23-14(13-15(24-16)25(3)9-22-13)20-7-10-5-4-6-11(18)12(10)19/h4-6,9,26H,7-8,19H2,1-3H3,(H2,20,21,23,24). The zero-order chi connectivity index (χ0) is 18.9. The number of aromatic nitrogens is 4. The second kappa shape index (κ2) is 6.97. The molecule has 0 amide bonds. The summed E-state index contributed by atoms with van der Waals surface area (Å²) in [7, 11) is 1.86. The Morgan fingerprint density at radius 2 is 2.04 bits per heavy atom. The van der Waals surface area contributed by atoms with Gasteiger partial charge in [-0.15, -0.1) is 0 Å². The Labute approximate surface area is 156 Å². The van der Waals surface area contributed by atoms with Crippen molar-refractivity contribution in [2.75, 3.05) is 22.9 Å². The highest BCUT2D eigenvalue weighted by atomic mass is 35.5. The monoisotopic (exact) mass is 375 g/mol. The summed E-state index contributed by atoms with van der Waals surface area (Å²) < 4.78 is 1.81. The van der Waals surface area contributed by atoms with Gasteiger partial charge in [-0.2, -0.15) is 9.97 Å². The fourth-order valence-electron chi connectivity index (χ4n) is 2.42. The summed E-state index contributed by atoms with van der Waals surface area (Å²) in [6.07, 6.45) is 1.68. The van der Waals surface area contributed by atoms with Gasteiger partial charge in [0, 0.05) is 20.1 Å². The van der Waals surface area contributed by atoms with Crippen molar-refractivity contribution in [1.82, 2.24) is 19.5 Å². The molecule has 9 heteroatoms. The number of benzene rings is 1. The van der Waals surface area contributed by atoms with Crippen molar-refractivity contribution >= 4 is 40.2 Å². The molecule has 0 saturated heterocycles. The van der Waals surface area contributed by atoms with Gasteiger partial charge in [0.2, 0.25) is 5.95 Å². The Hall–Kier alpha value is -2.58. The highest BCUT2D eigenvalue weighted by Gasteiger charge is 2.16. The third kappa shape index (κ3) is 3.97. The minimum absolute atomic E-state index is 0.317. The average molecular weight is 376 g/mol. The SMILES string of the molecule is Cn1cnc2c(NCc3cccc(Cl)c3N)nc(NCC(C)(C)O)nc21. The third-order valence-electron chi connectivity index (χ3n) is 3.83. The molecule has 0 saturated carbocycles. The van der Waals surface area contributed by atoms with Crippen molar-refractivity contribution in [1.29, 1.82) is 0 Å². The third-order valence-corrected chi connectivity index (χ3v) is 4.16. The minimum atomic E-state index is -0.881. The number of nitrogens with zero attached hydrogens (tertiary/aromatic N) is 4. The molecule has 0 unspecified atom stereocenters. The number of anilines is 3. The summed E-state index contributed by atoms with van der Waals surface area (Å²) in [5.41, 5.74) is 7.88. The molecule has 0 aliphatic rings. The molecular weight excluding hydrogens is 354 g/mol. The fraction of sp³-hybridized carbons (Fsp3) is 0.353. The molecule has 26 heavy (non-hydrogen) atoms. The first-order chi connectivity index (χ1) is 12.2. The molecule has 0 fully saturated rings. The lowest BCUT2D eigenvalue weighted by Crippen LogP contribution is -2.30. The Morgan fingerprint density at radius 1 is 1.27 bits per heavy atom. The van der Waals surface area contributed by atoms with Crippen LogP contribution < -0.4 is 16.4 Å². The lowest BCUT2D eigenvalue weighted by atomic mass is 10.1. The minimum Gasteiger partial charge on any atom is -0.397 e. The maximum absolute atomic E-state index is 9.91. The number of rotatable bonds is 6. The first-order valence-electron chi connectivity index (χ1n) is 8.16. The van der Waals surface area contributed by atoms with Crippen molar-refractivity contribution in [2.24, 2.45) is 7.05 Å². The maximum atomic E-state index is 9.91. The van der Waals surface area contributed by atoms with Crippen LogP contribution in [0.4, 0.5) is 17.5 Å². The predicted octanol–water partition coefficient (Wildman–Crippen LogP) is 2.39. The van der Waals surface area contributed by atoms with Crippen molar-refractivity contribution in [3.8, 4) is 0 Å². The van der Waals surface area contributed by atoms with Crippen LogP contribution in [-0.4, -0.2) is 36.8 Å². The van der Waals surface area contributed by atoms with Gasteiger partial charge in [0.25, 0.3) is 0 Å². The van der Waals surface area contributed by atoms with Crippen LogP contribution in [0.25, 0.3) is 11.2 Å². The van der Waals surface area contributed by atoms with E-state index in [1.807, 2.05) is 23.7 Å². The molecule has 5 N–H and O–H groups in total. The van der Waals surface area contributed by atoms with Gasteiger partial charge in [-0.05, 0) is 25.5 Å². The number of halogens is 1. The topological polar surface area (TPSA) is 114 Å². The normalized spacial score (nSPS) is 11.7. The fourth-order valence-corrected chi connectivity index (χ4v) is 2.61. The van der Waals surface area contributed by atoms with Crippen LogP contribution in [0.3, 0.4) is 0 Å². The summed E-state index contributed by atoms with van der Waals surface area (Å²) in [4.78, 5) is 13.3. The number of fused-ring (bicyclic) bond motifs is 1. The van der Waals surface area contributed by atoms with Crippen molar-refractivity contribution in [3.63, 3.8) is 0 Å². The van der Waals surface area contributed by atoms with Crippen LogP contribution in [0, 0.1) is 0 Å². The number of nitrogen functional groups attached to an aromatic ring is 1. The van der Waals surface area contributed by atoms with Crippen LogP contribution >= 0.6 is 11.6 Å². The summed E-state index contributed by atoms with van der Waals surface area (Å²) in [5.74, 6) is 0.984. The van der Waals surface area contributed by atoms with Gasteiger partial charge in [0.1, 0.15) is 0 Å². The van der Waals surface area contributed by atoms with Gasteiger partial charge >= 0.3 is 0 Å². The summed E-state index contributed by atoms with van der Waals surface area (Å²) in [6.45, 7) is 4.18. The molecule has 0 spiro atoms. The molecule has 0 radical (unpaired) electrons. The van der Waals surface area contributed by atoms with Crippen molar-refractivity contribution in [3.05, 3.63) is 35.1 Å². The van der Waals surface area contributed by atoms with Crippen molar-refractivity contribution < 1.29 is 5.11 Å². The van der Waals surface area contributed by atoms with Crippen LogP contribution in [0.2, 0.25) is 5.02 Å². The van der Waals surface area contributed by atoms with E-state index in [1.54, 1.807) is 26.2 Å². The summed E-state index contributed by atoms with van der Waals surface area (Å²) in [5, 5.41) is 16.7. The summed E-state index contributed by atoms with van der Waals surface area (Å²) >= 11 is 6.08. The smallest absolute Gasteiger partial charge is 0.226 e. The zero-order valence-electron chi connectivity index (χ0n) is 14.9.